The maximum absolute atomic E-state index is 8.89. The summed E-state index contributed by atoms with van der Waals surface area (Å²) >= 11 is 3.27. The minimum absolute atomic E-state index is 0.435. The third-order valence-electron chi connectivity index (χ3n) is 1.89. The van der Waals surface area contributed by atoms with Crippen molar-refractivity contribution in [3.63, 3.8) is 0 Å². The number of hydrogen-bond donors (Lipinski definition) is 0. The molecule has 0 aliphatic rings. The Hall–Kier alpha value is -1.41. The molecule has 0 bridgehead atoms. The van der Waals surface area contributed by atoms with E-state index in [2.05, 4.69) is 15.9 Å². The van der Waals surface area contributed by atoms with Gasteiger partial charge in [-0.1, -0.05) is 0 Å². The summed E-state index contributed by atoms with van der Waals surface area (Å²) in [6.07, 6.45) is 0. The molecule has 0 amide bonds. The van der Waals surface area contributed by atoms with Crippen molar-refractivity contribution in [1.82, 2.24) is 0 Å². The van der Waals surface area contributed by atoms with Crippen LogP contribution in [0.15, 0.2) is 10.5 Å². The normalized spacial score (nSPS) is 9.27. The minimum atomic E-state index is 0.435. The Morgan fingerprint density at radius 3 is 2.13 bits per heavy atom. The zero-order chi connectivity index (χ0) is 11.4. The zero-order valence-electron chi connectivity index (χ0n) is 8.63. The lowest BCUT2D eigenvalue weighted by atomic mass is 10.2. The number of nitriles is 1. The van der Waals surface area contributed by atoms with Crippen molar-refractivity contribution in [3.8, 4) is 23.3 Å². The number of methoxy groups -OCH3 is 3. The van der Waals surface area contributed by atoms with Gasteiger partial charge >= 0.3 is 0 Å². The Labute approximate surface area is 96.5 Å². The van der Waals surface area contributed by atoms with Gasteiger partial charge in [0.25, 0.3) is 0 Å². The molecule has 0 aromatic heterocycles. The smallest absolute Gasteiger partial charge is 0.204 e. The molecule has 0 aliphatic heterocycles. The van der Waals surface area contributed by atoms with Crippen molar-refractivity contribution < 1.29 is 14.2 Å². The van der Waals surface area contributed by atoms with Gasteiger partial charge in [0.2, 0.25) is 5.75 Å². The van der Waals surface area contributed by atoms with E-state index in [9.17, 15) is 0 Å². The lowest BCUT2D eigenvalue weighted by Crippen LogP contribution is -1.97. The van der Waals surface area contributed by atoms with Crippen LogP contribution in [-0.2, 0) is 0 Å². The molecular weight excluding hydrogens is 262 g/mol. The number of nitrogens with zero attached hydrogens (tertiary/aromatic N) is 1. The van der Waals surface area contributed by atoms with Crippen molar-refractivity contribution in [2.45, 2.75) is 0 Å². The first-order valence-corrected chi connectivity index (χ1v) is 4.87. The molecule has 0 saturated heterocycles. The van der Waals surface area contributed by atoms with Crippen LogP contribution in [0, 0.1) is 11.3 Å². The fraction of sp³-hybridized carbons (Fsp3) is 0.300. The first-order chi connectivity index (χ1) is 7.19. The second kappa shape index (κ2) is 4.89. The second-order valence-corrected chi connectivity index (χ2v) is 3.41. The predicted octanol–water partition coefficient (Wildman–Crippen LogP) is 2.35. The molecule has 0 aliphatic carbocycles. The predicted molar refractivity (Wildman–Crippen MR) is 58.5 cm³/mol. The largest absolute Gasteiger partial charge is 0.493 e. The molecule has 4 nitrogen and oxygen atoms in total. The zero-order valence-corrected chi connectivity index (χ0v) is 10.2. The number of ether oxygens (including phenoxy) is 3. The van der Waals surface area contributed by atoms with Gasteiger partial charge in [-0.15, -0.1) is 0 Å². The van der Waals surface area contributed by atoms with Crippen LogP contribution in [0.3, 0.4) is 0 Å². The summed E-state index contributed by atoms with van der Waals surface area (Å²) in [5.41, 5.74) is 0.435. The van der Waals surface area contributed by atoms with Gasteiger partial charge in [-0.3, -0.25) is 0 Å². The van der Waals surface area contributed by atoms with Gasteiger partial charge in [0, 0.05) is 6.07 Å². The number of hydrogen-bond acceptors (Lipinski definition) is 4. The highest BCUT2D eigenvalue weighted by Crippen LogP contribution is 2.44. The molecule has 0 saturated carbocycles. The van der Waals surface area contributed by atoms with Gasteiger partial charge in [0.05, 0.1) is 31.4 Å². The van der Waals surface area contributed by atoms with Crippen molar-refractivity contribution in [2.24, 2.45) is 0 Å². The topological polar surface area (TPSA) is 51.5 Å². The first-order valence-electron chi connectivity index (χ1n) is 4.08. The van der Waals surface area contributed by atoms with Crippen LogP contribution < -0.4 is 14.2 Å². The van der Waals surface area contributed by atoms with Crippen LogP contribution >= 0.6 is 15.9 Å². The number of halogens is 1. The fourth-order valence-corrected chi connectivity index (χ4v) is 1.75. The van der Waals surface area contributed by atoms with Gasteiger partial charge in [0.1, 0.15) is 6.07 Å². The Balaban J connectivity index is 3.51. The molecule has 1 aromatic rings. The van der Waals surface area contributed by atoms with Crippen LogP contribution in [0.4, 0.5) is 0 Å². The van der Waals surface area contributed by atoms with Gasteiger partial charge < -0.3 is 14.2 Å². The van der Waals surface area contributed by atoms with Crippen LogP contribution in [0.1, 0.15) is 5.56 Å². The van der Waals surface area contributed by atoms with E-state index in [1.165, 1.54) is 21.3 Å². The van der Waals surface area contributed by atoms with Crippen molar-refractivity contribution in [3.05, 3.63) is 16.1 Å². The molecule has 0 radical (unpaired) electrons. The van der Waals surface area contributed by atoms with Gasteiger partial charge in [-0.2, -0.15) is 5.26 Å². The summed E-state index contributed by atoms with van der Waals surface area (Å²) in [6, 6.07) is 3.62. The third kappa shape index (κ3) is 2.00. The summed E-state index contributed by atoms with van der Waals surface area (Å²) in [5.74, 6) is 1.38. The average Bonchev–Trinajstić information content (AvgIpc) is 2.28. The van der Waals surface area contributed by atoms with E-state index in [4.69, 9.17) is 19.5 Å². The molecule has 1 aromatic carbocycles. The third-order valence-corrected chi connectivity index (χ3v) is 2.68. The van der Waals surface area contributed by atoms with E-state index in [0.29, 0.717) is 27.3 Å². The molecule has 80 valence electrons. The molecule has 0 spiro atoms. The van der Waals surface area contributed by atoms with E-state index in [1.54, 1.807) is 6.07 Å². The summed E-state index contributed by atoms with van der Waals surface area (Å²) in [4.78, 5) is 0. The maximum Gasteiger partial charge on any atom is 0.204 e. The minimum Gasteiger partial charge on any atom is -0.493 e. The molecular formula is C10H10BrNO3. The highest BCUT2D eigenvalue weighted by atomic mass is 79.9. The van der Waals surface area contributed by atoms with E-state index in [0.717, 1.165) is 0 Å². The molecule has 0 fully saturated rings. The first kappa shape index (κ1) is 11.7. The van der Waals surface area contributed by atoms with Crippen LogP contribution in [0.2, 0.25) is 0 Å². The SMILES string of the molecule is COc1cc(C#N)c(Br)c(OC)c1OC. The van der Waals surface area contributed by atoms with Gasteiger partial charge in [-0.25, -0.2) is 0 Å². The quantitative estimate of drug-likeness (QED) is 0.847. The van der Waals surface area contributed by atoms with Crippen molar-refractivity contribution >= 4 is 15.9 Å². The van der Waals surface area contributed by atoms with Crippen LogP contribution in [0.25, 0.3) is 0 Å². The Morgan fingerprint density at radius 1 is 1.13 bits per heavy atom. The molecule has 0 N–H and O–H groups in total. The summed E-state index contributed by atoms with van der Waals surface area (Å²) in [7, 11) is 4.52. The lowest BCUT2D eigenvalue weighted by Gasteiger charge is -2.14. The van der Waals surface area contributed by atoms with Crippen LogP contribution in [0.5, 0.6) is 17.2 Å². The summed E-state index contributed by atoms with van der Waals surface area (Å²) in [6.45, 7) is 0. The Kier molecular flexibility index (Phi) is 3.81. The number of rotatable bonds is 3. The molecule has 1 rings (SSSR count). The molecule has 0 heterocycles. The number of benzene rings is 1. The van der Waals surface area contributed by atoms with E-state index < -0.39 is 0 Å². The lowest BCUT2D eigenvalue weighted by molar-refractivity contribution is 0.323. The van der Waals surface area contributed by atoms with E-state index >= 15 is 0 Å². The molecule has 0 atom stereocenters. The molecule has 0 unspecified atom stereocenters. The summed E-state index contributed by atoms with van der Waals surface area (Å²) in [5, 5.41) is 8.89. The van der Waals surface area contributed by atoms with Gasteiger partial charge in [-0.05, 0) is 15.9 Å². The van der Waals surface area contributed by atoms with Crippen LogP contribution in [-0.4, -0.2) is 21.3 Å². The highest BCUT2D eigenvalue weighted by molar-refractivity contribution is 9.10. The monoisotopic (exact) mass is 271 g/mol. The maximum atomic E-state index is 8.89. The molecule has 5 heteroatoms. The Bertz CT molecular complexity index is 412. The second-order valence-electron chi connectivity index (χ2n) is 2.62. The van der Waals surface area contributed by atoms with Crippen molar-refractivity contribution in [2.75, 3.05) is 21.3 Å². The van der Waals surface area contributed by atoms with E-state index in [-0.39, 0.29) is 0 Å². The summed E-state index contributed by atoms with van der Waals surface area (Å²) < 4.78 is 16.0. The van der Waals surface area contributed by atoms with Crippen molar-refractivity contribution in [1.29, 1.82) is 5.26 Å². The van der Waals surface area contributed by atoms with E-state index in [1.807, 2.05) is 6.07 Å². The Morgan fingerprint density at radius 2 is 1.73 bits per heavy atom. The fourth-order valence-electron chi connectivity index (χ4n) is 1.20. The molecule has 15 heavy (non-hydrogen) atoms. The standard InChI is InChI=1S/C10H10BrNO3/c1-13-7-4-6(5-12)8(11)10(15-3)9(7)14-2/h4H,1-3H3. The van der Waals surface area contributed by atoms with Gasteiger partial charge in [0.15, 0.2) is 11.5 Å². The highest BCUT2D eigenvalue weighted by Gasteiger charge is 2.18. The average molecular weight is 272 g/mol.